The molecule has 0 atom stereocenters. The first-order valence-corrected chi connectivity index (χ1v) is 10.8. The molecule has 1 aliphatic carbocycles. The van der Waals surface area contributed by atoms with Crippen LogP contribution in [0.25, 0.3) is 10.4 Å². The smallest absolute Gasteiger partial charge is 0.126 e. The molecule has 1 saturated heterocycles. The van der Waals surface area contributed by atoms with Crippen molar-refractivity contribution in [3.63, 3.8) is 0 Å². The lowest BCUT2D eigenvalue weighted by molar-refractivity contribution is 0.255. The van der Waals surface area contributed by atoms with Crippen LogP contribution in [0.5, 0.6) is 0 Å². The fourth-order valence-corrected chi connectivity index (χ4v) is 4.92. The van der Waals surface area contributed by atoms with Crippen molar-refractivity contribution < 1.29 is 0 Å². The van der Waals surface area contributed by atoms with E-state index < -0.39 is 0 Å². The summed E-state index contributed by atoms with van der Waals surface area (Å²) in [6.07, 6.45) is 17.4. The lowest BCUT2D eigenvalue weighted by Gasteiger charge is -2.27. The molecular formula is C22H28N4S. The molecule has 0 radical (unpaired) electrons. The van der Waals surface area contributed by atoms with Gasteiger partial charge >= 0.3 is 0 Å². The van der Waals surface area contributed by atoms with Gasteiger partial charge in [0.05, 0.1) is 9.88 Å². The molecule has 2 aromatic heterocycles. The number of nitrogen functional groups attached to an aromatic ring is 1. The summed E-state index contributed by atoms with van der Waals surface area (Å²) in [5, 5.41) is 1.27. The molecule has 2 N–H and O–H groups in total. The number of rotatable bonds is 5. The minimum Gasteiger partial charge on any atom is -0.383 e. The van der Waals surface area contributed by atoms with Gasteiger partial charge in [-0.25, -0.2) is 9.97 Å². The highest BCUT2D eigenvalue weighted by atomic mass is 32.1. The fourth-order valence-electron chi connectivity index (χ4n) is 3.85. The number of anilines is 1. The van der Waals surface area contributed by atoms with Gasteiger partial charge in [0.15, 0.2) is 0 Å². The summed E-state index contributed by atoms with van der Waals surface area (Å²) >= 11 is 1.82. The Morgan fingerprint density at radius 3 is 2.78 bits per heavy atom. The quantitative estimate of drug-likeness (QED) is 0.809. The Morgan fingerprint density at radius 2 is 2.00 bits per heavy atom. The monoisotopic (exact) mass is 380 g/mol. The lowest BCUT2D eigenvalue weighted by Crippen LogP contribution is -2.29. The Kier molecular flexibility index (Phi) is 5.69. The van der Waals surface area contributed by atoms with Gasteiger partial charge < -0.3 is 10.6 Å². The fraction of sp³-hybridized carbons (Fsp3) is 0.455. The predicted octanol–water partition coefficient (Wildman–Crippen LogP) is 4.81. The van der Waals surface area contributed by atoms with Crippen molar-refractivity contribution in [3.8, 4) is 10.4 Å². The minimum atomic E-state index is 0.603. The van der Waals surface area contributed by atoms with Gasteiger partial charge in [0, 0.05) is 23.9 Å². The molecule has 0 spiro atoms. The van der Waals surface area contributed by atoms with E-state index >= 15 is 0 Å². The summed E-state index contributed by atoms with van der Waals surface area (Å²) in [7, 11) is 2.20. The van der Waals surface area contributed by atoms with E-state index in [0.29, 0.717) is 11.7 Å². The molecule has 4 rings (SSSR count). The highest BCUT2D eigenvalue weighted by Gasteiger charge is 2.21. The Bertz CT molecular complexity index is 844. The number of likely N-dealkylation sites (tertiary alicyclic amines) is 1. The van der Waals surface area contributed by atoms with Crippen LogP contribution in [0.3, 0.4) is 0 Å². The van der Waals surface area contributed by atoms with Crippen LogP contribution in [0.4, 0.5) is 5.82 Å². The first-order chi connectivity index (χ1) is 13.2. The van der Waals surface area contributed by atoms with E-state index in [1.54, 1.807) is 0 Å². The molecular weight excluding hydrogens is 352 g/mol. The third-order valence-electron chi connectivity index (χ3n) is 5.63. The summed E-state index contributed by atoms with van der Waals surface area (Å²) in [5.74, 6) is 1.25. The molecule has 142 valence electrons. The first-order valence-electron chi connectivity index (χ1n) is 9.93. The number of hydrogen-bond donors (Lipinski definition) is 1. The number of allylic oxidation sites excluding steroid dienone is 4. The summed E-state index contributed by atoms with van der Waals surface area (Å²) in [6, 6.07) is 2.21. The topological polar surface area (TPSA) is 55.0 Å². The molecule has 0 unspecified atom stereocenters. The van der Waals surface area contributed by atoms with Gasteiger partial charge in [-0.2, -0.15) is 0 Å². The lowest BCUT2D eigenvalue weighted by atomic mass is 9.98. The number of nitrogens with zero attached hydrogens (tertiary/aromatic N) is 3. The van der Waals surface area contributed by atoms with Crippen LogP contribution in [0.15, 0.2) is 42.3 Å². The molecule has 0 amide bonds. The molecule has 0 aromatic carbocycles. The van der Waals surface area contributed by atoms with Crippen molar-refractivity contribution in [1.82, 2.24) is 14.9 Å². The molecule has 0 bridgehead atoms. The van der Waals surface area contributed by atoms with Crippen LogP contribution >= 0.6 is 11.3 Å². The predicted molar refractivity (Wildman–Crippen MR) is 114 cm³/mol. The zero-order valence-electron chi connectivity index (χ0n) is 16.0. The van der Waals surface area contributed by atoms with Crippen LogP contribution in [-0.2, 0) is 6.42 Å². The second-order valence-corrected chi connectivity index (χ2v) is 8.73. The molecule has 2 aromatic rings. The molecule has 1 aliphatic heterocycles. The van der Waals surface area contributed by atoms with Crippen molar-refractivity contribution in [2.24, 2.45) is 0 Å². The van der Waals surface area contributed by atoms with Crippen molar-refractivity contribution in [2.45, 2.75) is 44.4 Å². The van der Waals surface area contributed by atoms with E-state index in [1.165, 1.54) is 28.3 Å². The average molecular weight is 381 g/mol. The Labute approximate surface area is 165 Å². The average Bonchev–Trinajstić information content (AvgIpc) is 3.19. The standard InChI is InChI=1S/C22H28N4S/c1-26-11-9-17(10-12-26)22-25-15-20(27-22)19-13-18(21(23)24-14-19)8-7-16-5-3-2-4-6-16/h3,5-6,13-15,17H,2,4,7-12H2,1H3,(H2,23,24). The van der Waals surface area contributed by atoms with Gasteiger partial charge in [0.1, 0.15) is 5.82 Å². The van der Waals surface area contributed by atoms with E-state index in [1.807, 2.05) is 23.7 Å². The SMILES string of the molecule is CN1CCC(c2ncc(-c3cnc(N)c(CCC4=CCCC=C4)c3)s2)CC1. The second-order valence-electron chi connectivity index (χ2n) is 7.67. The Morgan fingerprint density at radius 1 is 1.15 bits per heavy atom. The molecule has 3 heterocycles. The van der Waals surface area contributed by atoms with Crippen LogP contribution < -0.4 is 5.73 Å². The summed E-state index contributed by atoms with van der Waals surface area (Å²) in [6.45, 7) is 2.33. The number of nitrogens with two attached hydrogens (primary N) is 1. The van der Waals surface area contributed by atoms with E-state index in [-0.39, 0.29) is 0 Å². The minimum absolute atomic E-state index is 0.603. The van der Waals surface area contributed by atoms with Crippen LogP contribution in [-0.4, -0.2) is 35.0 Å². The van der Waals surface area contributed by atoms with E-state index in [2.05, 4.69) is 41.2 Å². The van der Waals surface area contributed by atoms with Gasteiger partial charge in [-0.1, -0.05) is 23.8 Å². The zero-order chi connectivity index (χ0) is 18.6. The van der Waals surface area contributed by atoms with Gasteiger partial charge in [-0.3, -0.25) is 0 Å². The van der Waals surface area contributed by atoms with E-state index in [0.717, 1.165) is 49.9 Å². The molecule has 1 fully saturated rings. The third-order valence-corrected chi connectivity index (χ3v) is 6.84. The molecule has 27 heavy (non-hydrogen) atoms. The highest BCUT2D eigenvalue weighted by Crippen LogP contribution is 2.35. The highest BCUT2D eigenvalue weighted by molar-refractivity contribution is 7.15. The summed E-state index contributed by atoms with van der Waals surface area (Å²) < 4.78 is 0. The van der Waals surface area contributed by atoms with Gasteiger partial charge in [0.25, 0.3) is 0 Å². The normalized spacial score (nSPS) is 18.6. The third kappa shape index (κ3) is 4.47. The zero-order valence-corrected chi connectivity index (χ0v) is 16.8. The van der Waals surface area contributed by atoms with Crippen molar-refractivity contribution >= 4 is 17.2 Å². The van der Waals surface area contributed by atoms with Gasteiger partial charge in [-0.15, -0.1) is 11.3 Å². The maximum Gasteiger partial charge on any atom is 0.126 e. The van der Waals surface area contributed by atoms with Crippen LogP contribution in [0, 0.1) is 0 Å². The maximum atomic E-state index is 6.15. The summed E-state index contributed by atoms with van der Waals surface area (Å²) in [4.78, 5) is 12.8. The number of thiazole rings is 1. The van der Waals surface area contributed by atoms with Crippen LogP contribution in [0.2, 0.25) is 0 Å². The number of aromatic nitrogens is 2. The van der Waals surface area contributed by atoms with Gasteiger partial charge in [-0.05, 0) is 70.3 Å². The van der Waals surface area contributed by atoms with Crippen molar-refractivity contribution in [2.75, 3.05) is 25.9 Å². The second kappa shape index (κ2) is 8.36. The molecule has 2 aliphatic rings. The Hall–Kier alpha value is -1.98. The van der Waals surface area contributed by atoms with Crippen molar-refractivity contribution in [1.29, 1.82) is 0 Å². The number of aryl methyl sites for hydroxylation is 1. The molecule has 4 nitrogen and oxygen atoms in total. The summed E-state index contributed by atoms with van der Waals surface area (Å²) in [5.41, 5.74) is 9.85. The molecule has 0 saturated carbocycles. The maximum absolute atomic E-state index is 6.15. The largest absolute Gasteiger partial charge is 0.383 e. The number of piperidine rings is 1. The molecule has 5 heteroatoms. The number of pyridine rings is 1. The Balaban J connectivity index is 1.47. The van der Waals surface area contributed by atoms with Gasteiger partial charge in [0.2, 0.25) is 0 Å². The van der Waals surface area contributed by atoms with Crippen molar-refractivity contribution in [3.05, 3.63) is 52.8 Å². The van der Waals surface area contributed by atoms with E-state index in [9.17, 15) is 0 Å². The van der Waals surface area contributed by atoms with Crippen LogP contribution in [0.1, 0.15) is 48.6 Å². The number of hydrogen-bond acceptors (Lipinski definition) is 5. The van der Waals surface area contributed by atoms with E-state index in [4.69, 9.17) is 10.7 Å². The first kappa shape index (κ1) is 18.4.